The largest absolute Gasteiger partial charge is 0.481 e. The molecular formula is C14H26N2O3. The number of aliphatic carboxylic acids is 1. The number of amides is 1. The van der Waals surface area contributed by atoms with Gasteiger partial charge in [-0.15, -0.1) is 0 Å². The van der Waals surface area contributed by atoms with Crippen LogP contribution >= 0.6 is 0 Å². The summed E-state index contributed by atoms with van der Waals surface area (Å²) in [6.07, 6.45) is 5.54. The molecule has 0 aromatic heterocycles. The minimum Gasteiger partial charge on any atom is -0.481 e. The molecule has 1 atom stereocenters. The summed E-state index contributed by atoms with van der Waals surface area (Å²) in [5.74, 6) is -0.672. The van der Waals surface area contributed by atoms with Gasteiger partial charge >= 0.3 is 5.97 Å². The highest BCUT2D eigenvalue weighted by molar-refractivity contribution is 5.79. The number of carbonyl (C=O) groups excluding carboxylic acids is 1. The number of hydrogen-bond donors (Lipinski definition) is 3. The van der Waals surface area contributed by atoms with E-state index in [1.807, 2.05) is 6.92 Å². The van der Waals surface area contributed by atoms with Gasteiger partial charge in [-0.1, -0.05) is 32.6 Å². The monoisotopic (exact) mass is 270 g/mol. The molecule has 0 heterocycles. The van der Waals surface area contributed by atoms with E-state index >= 15 is 0 Å². The molecule has 1 amide bonds. The van der Waals surface area contributed by atoms with Gasteiger partial charge in [-0.2, -0.15) is 0 Å². The average molecular weight is 270 g/mol. The highest BCUT2D eigenvalue weighted by atomic mass is 16.4. The SMILES string of the molecule is CCC(CN)CC(=O)NCC1(C(=O)O)CCCCC1. The van der Waals surface area contributed by atoms with Crippen LogP contribution in [0.1, 0.15) is 51.9 Å². The van der Waals surface area contributed by atoms with E-state index in [-0.39, 0.29) is 18.4 Å². The summed E-state index contributed by atoms with van der Waals surface area (Å²) in [6, 6.07) is 0. The lowest BCUT2D eigenvalue weighted by Crippen LogP contribution is -2.44. The number of hydrogen-bond acceptors (Lipinski definition) is 3. The minimum atomic E-state index is -0.779. The number of nitrogens with two attached hydrogens (primary N) is 1. The predicted octanol–water partition coefficient (Wildman–Crippen LogP) is 1.51. The first-order chi connectivity index (χ1) is 9.04. The second-order valence-corrected chi connectivity index (χ2v) is 5.64. The molecule has 1 fully saturated rings. The maximum Gasteiger partial charge on any atom is 0.311 e. The van der Waals surface area contributed by atoms with Crippen molar-refractivity contribution < 1.29 is 14.7 Å². The zero-order valence-electron chi connectivity index (χ0n) is 11.8. The molecule has 0 aromatic rings. The molecule has 5 heteroatoms. The molecule has 1 rings (SSSR count). The van der Waals surface area contributed by atoms with Gasteiger partial charge in [0.2, 0.25) is 5.91 Å². The first-order valence-corrected chi connectivity index (χ1v) is 7.24. The van der Waals surface area contributed by atoms with Crippen molar-refractivity contribution in [1.82, 2.24) is 5.32 Å². The zero-order valence-corrected chi connectivity index (χ0v) is 11.8. The van der Waals surface area contributed by atoms with Crippen LogP contribution in [-0.4, -0.2) is 30.1 Å². The predicted molar refractivity (Wildman–Crippen MR) is 73.6 cm³/mol. The first kappa shape index (κ1) is 16.0. The van der Waals surface area contributed by atoms with Crippen LogP contribution < -0.4 is 11.1 Å². The van der Waals surface area contributed by atoms with Crippen LogP contribution in [0.2, 0.25) is 0 Å². The quantitative estimate of drug-likeness (QED) is 0.654. The molecular weight excluding hydrogens is 244 g/mol. The smallest absolute Gasteiger partial charge is 0.311 e. The van der Waals surface area contributed by atoms with Crippen molar-refractivity contribution in [3.63, 3.8) is 0 Å². The number of carboxylic acids is 1. The van der Waals surface area contributed by atoms with E-state index in [0.29, 0.717) is 25.8 Å². The molecule has 1 aliphatic carbocycles. The Balaban J connectivity index is 2.48. The third-order valence-corrected chi connectivity index (χ3v) is 4.27. The Bertz CT molecular complexity index is 308. The Labute approximate surface area is 114 Å². The number of nitrogens with one attached hydrogen (secondary N) is 1. The second-order valence-electron chi connectivity index (χ2n) is 5.64. The van der Waals surface area contributed by atoms with E-state index in [9.17, 15) is 14.7 Å². The molecule has 0 saturated heterocycles. The van der Waals surface area contributed by atoms with Gasteiger partial charge < -0.3 is 16.2 Å². The Hall–Kier alpha value is -1.10. The normalized spacial score (nSPS) is 19.7. The molecule has 1 unspecified atom stereocenters. The van der Waals surface area contributed by atoms with E-state index < -0.39 is 11.4 Å². The van der Waals surface area contributed by atoms with Gasteiger partial charge in [-0.3, -0.25) is 9.59 Å². The van der Waals surface area contributed by atoms with Crippen LogP contribution in [0.3, 0.4) is 0 Å². The third-order valence-electron chi connectivity index (χ3n) is 4.27. The van der Waals surface area contributed by atoms with Crippen LogP contribution in [0.4, 0.5) is 0 Å². The third kappa shape index (κ3) is 4.49. The van der Waals surface area contributed by atoms with Gasteiger partial charge in [-0.25, -0.2) is 0 Å². The molecule has 0 radical (unpaired) electrons. The van der Waals surface area contributed by atoms with Crippen molar-refractivity contribution in [2.75, 3.05) is 13.1 Å². The van der Waals surface area contributed by atoms with Crippen LogP contribution in [0.15, 0.2) is 0 Å². The van der Waals surface area contributed by atoms with E-state index in [2.05, 4.69) is 5.32 Å². The molecule has 0 aromatic carbocycles. The van der Waals surface area contributed by atoms with Gasteiger partial charge in [-0.05, 0) is 25.3 Å². The van der Waals surface area contributed by atoms with Crippen molar-refractivity contribution in [3.8, 4) is 0 Å². The molecule has 5 nitrogen and oxygen atoms in total. The van der Waals surface area contributed by atoms with Crippen LogP contribution in [0.5, 0.6) is 0 Å². The number of rotatable bonds is 7. The summed E-state index contributed by atoms with van der Waals surface area (Å²) in [7, 11) is 0. The highest BCUT2D eigenvalue weighted by Crippen LogP contribution is 2.36. The van der Waals surface area contributed by atoms with Crippen molar-refractivity contribution in [2.24, 2.45) is 17.1 Å². The molecule has 19 heavy (non-hydrogen) atoms. The van der Waals surface area contributed by atoms with Gasteiger partial charge in [0.1, 0.15) is 0 Å². The maximum absolute atomic E-state index is 11.8. The molecule has 1 aliphatic rings. The zero-order chi connectivity index (χ0) is 14.3. The summed E-state index contributed by atoms with van der Waals surface area (Å²) in [5, 5.41) is 12.2. The standard InChI is InChI=1S/C14H26N2O3/c1-2-11(9-15)8-12(17)16-10-14(13(18)19)6-4-3-5-7-14/h11H,2-10,15H2,1H3,(H,16,17)(H,18,19). The molecule has 0 bridgehead atoms. The summed E-state index contributed by atoms with van der Waals surface area (Å²) in [4.78, 5) is 23.3. The fraction of sp³-hybridized carbons (Fsp3) is 0.857. The lowest BCUT2D eigenvalue weighted by Gasteiger charge is -2.33. The molecule has 1 saturated carbocycles. The minimum absolute atomic E-state index is 0.0801. The fourth-order valence-corrected chi connectivity index (χ4v) is 2.69. The Kier molecular flexibility index (Phi) is 6.28. The average Bonchev–Trinajstić information content (AvgIpc) is 2.43. The van der Waals surface area contributed by atoms with Crippen LogP contribution in [-0.2, 0) is 9.59 Å². The Morgan fingerprint density at radius 3 is 2.42 bits per heavy atom. The lowest BCUT2D eigenvalue weighted by atomic mass is 9.74. The highest BCUT2D eigenvalue weighted by Gasteiger charge is 2.39. The Morgan fingerprint density at radius 2 is 1.95 bits per heavy atom. The van der Waals surface area contributed by atoms with E-state index in [1.54, 1.807) is 0 Å². The summed E-state index contributed by atoms with van der Waals surface area (Å²) < 4.78 is 0. The lowest BCUT2D eigenvalue weighted by molar-refractivity contribution is -0.151. The van der Waals surface area contributed by atoms with E-state index in [4.69, 9.17) is 5.73 Å². The van der Waals surface area contributed by atoms with E-state index in [0.717, 1.165) is 25.7 Å². The van der Waals surface area contributed by atoms with Gasteiger partial charge in [0.15, 0.2) is 0 Å². The Morgan fingerprint density at radius 1 is 1.32 bits per heavy atom. The fourth-order valence-electron chi connectivity index (χ4n) is 2.69. The molecule has 0 aliphatic heterocycles. The van der Waals surface area contributed by atoms with Crippen molar-refractivity contribution >= 4 is 11.9 Å². The van der Waals surface area contributed by atoms with Crippen molar-refractivity contribution in [1.29, 1.82) is 0 Å². The topological polar surface area (TPSA) is 92.4 Å². The van der Waals surface area contributed by atoms with Crippen LogP contribution in [0.25, 0.3) is 0 Å². The molecule has 110 valence electrons. The number of carbonyl (C=O) groups is 2. The van der Waals surface area contributed by atoms with Crippen molar-refractivity contribution in [2.45, 2.75) is 51.9 Å². The van der Waals surface area contributed by atoms with E-state index in [1.165, 1.54) is 0 Å². The summed E-state index contributed by atoms with van der Waals surface area (Å²) >= 11 is 0. The maximum atomic E-state index is 11.8. The van der Waals surface area contributed by atoms with Gasteiger partial charge in [0, 0.05) is 13.0 Å². The first-order valence-electron chi connectivity index (χ1n) is 7.24. The second kappa shape index (κ2) is 7.48. The van der Waals surface area contributed by atoms with Gasteiger partial charge in [0.25, 0.3) is 0 Å². The number of carboxylic acid groups (broad SMARTS) is 1. The summed E-state index contributed by atoms with van der Waals surface area (Å²) in [5.41, 5.74) is 4.82. The van der Waals surface area contributed by atoms with Crippen LogP contribution in [0, 0.1) is 11.3 Å². The molecule has 0 spiro atoms. The van der Waals surface area contributed by atoms with Gasteiger partial charge in [0.05, 0.1) is 5.41 Å². The summed E-state index contributed by atoms with van der Waals surface area (Å²) in [6.45, 7) is 2.75. The molecule has 4 N–H and O–H groups in total. The van der Waals surface area contributed by atoms with Crippen molar-refractivity contribution in [3.05, 3.63) is 0 Å².